The smallest absolute Gasteiger partial charge is 0.224 e. The summed E-state index contributed by atoms with van der Waals surface area (Å²) >= 11 is 3.46. The first-order valence-corrected chi connectivity index (χ1v) is 8.04. The molecule has 0 atom stereocenters. The van der Waals surface area contributed by atoms with Crippen molar-refractivity contribution >= 4 is 27.7 Å². The van der Waals surface area contributed by atoms with E-state index in [2.05, 4.69) is 57.3 Å². The summed E-state index contributed by atoms with van der Waals surface area (Å²) < 4.78 is 6.40. The molecule has 5 nitrogen and oxygen atoms in total. The minimum absolute atomic E-state index is 0.311. The number of halogens is 1. The van der Waals surface area contributed by atoms with Crippen LogP contribution in [0, 0.1) is 0 Å². The van der Waals surface area contributed by atoms with Crippen LogP contribution in [-0.2, 0) is 4.74 Å². The van der Waals surface area contributed by atoms with Gasteiger partial charge in [-0.05, 0) is 49.0 Å². The van der Waals surface area contributed by atoms with Gasteiger partial charge in [0.25, 0.3) is 0 Å². The molecule has 0 fully saturated rings. The summed E-state index contributed by atoms with van der Waals surface area (Å²) in [6, 6.07) is 0. The van der Waals surface area contributed by atoms with Gasteiger partial charge >= 0.3 is 0 Å². The molecule has 0 aliphatic carbocycles. The second kappa shape index (κ2) is 9.94. The lowest BCUT2D eigenvalue weighted by Crippen LogP contribution is -2.10. The molecule has 20 heavy (non-hydrogen) atoms. The summed E-state index contributed by atoms with van der Waals surface area (Å²) in [5.41, 5.74) is 0. The topological polar surface area (TPSA) is 59.1 Å². The lowest BCUT2D eigenvalue weighted by atomic mass is 10.3. The molecule has 0 aliphatic rings. The first-order chi connectivity index (χ1) is 9.63. The van der Waals surface area contributed by atoms with E-state index in [4.69, 9.17) is 4.74 Å². The molecular formula is C14H25BrN4O. The van der Waals surface area contributed by atoms with E-state index in [9.17, 15) is 0 Å². The van der Waals surface area contributed by atoms with Gasteiger partial charge in [0, 0.05) is 25.9 Å². The van der Waals surface area contributed by atoms with Gasteiger partial charge in [-0.25, -0.2) is 4.98 Å². The first-order valence-electron chi connectivity index (χ1n) is 7.25. The third kappa shape index (κ3) is 7.05. The van der Waals surface area contributed by atoms with Crippen molar-refractivity contribution in [3.8, 4) is 0 Å². The van der Waals surface area contributed by atoms with Crippen molar-refractivity contribution in [1.29, 1.82) is 0 Å². The molecular weight excluding hydrogens is 320 g/mol. The molecule has 6 heteroatoms. The third-order valence-electron chi connectivity index (χ3n) is 2.59. The Morgan fingerprint density at radius 1 is 1.25 bits per heavy atom. The van der Waals surface area contributed by atoms with Gasteiger partial charge in [0.05, 0.1) is 10.6 Å². The Hall–Kier alpha value is -0.880. The van der Waals surface area contributed by atoms with E-state index in [1.54, 1.807) is 6.20 Å². The van der Waals surface area contributed by atoms with Gasteiger partial charge in [-0.3, -0.25) is 0 Å². The molecule has 1 heterocycles. The molecule has 0 aromatic carbocycles. The van der Waals surface area contributed by atoms with Crippen molar-refractivity contribution in [3.63, 3.8) is 0 Å². The number of hydrogen-bond donors (Lipinski definition) is 2. The van der Waals surface area contributed by atoms with Crippen LogP contribution < -0.4 is 10.6 Å². The van der Waals surface area contributed by atoms with Crippen LogP contribution >= 0.6 is 15.9 Å². The number of ether oxygens (including phenoxy) is 1. The van der Waals surface area contributed by atoms with E-state index in [0.717, 1.165) is 49.2 Å². The lowest BCUT2D eigenvalue weighted by molar-refractivity contribution is 0.0765. The highest BCUT2D eigenvalue weighted by Gasteiger charge is 2.04. The van der Waals surface area contributed by atoms with Crippen LogP contribution in [-0.4, -0.2) is 35.8 Å². The van der Waals surface area contributed by atoms with Gasteiger partial charge < -0.3 is 15.4 Å². The standard InChI is InChI=1S/C14H25BrN4O/c1-4-7-17-14-18-10-12(15)13(19-14)16-8-5-6-9-20-11(2)3/h10-11H,4-9H2,1-3H3,(H2,16,17,18,19). The predicted octanol–water partition coefficient (Wildman–Crippen LogP) is 3.68. The maximum atomic E-state index is 5.51. The molecule has 0 amide bonds. The van der Waals surface area contributed by atoms with Gasteiger partial charge in [-0.1, -0.05) is 6.92 Å². The number of nitrogens with zero attached hydrogens (tertiary/aromatic N) is 2. The van der Waals surface area contributed by atoms with Gasteiger partial charge in [0.15, 0.2) is 0 Å². The van der Waals surface area contributed by atoms with Gasteiger partial charge in [0.1, 0.15) is 5.82 Å². The van der Waals surface area contributed by atoms with Gasteiger partial charge in [-0.15, -0.1) is 0 Å². The van der Waals surface area contributed by atoms with Crippen molar-refractivity contribution < 1.29 is 4.74 Å². The van der Waals surface area contributed by atoms with Crippen molar-refractivity contribution in [2.45, 2.75) is 46.1 Å². The Labute approximate surface area is 130 Å². The molecule has 114 valence electrons. The monoisotopic (exact) mass is 344 g/mol. The molecule has 1 aromatic rings. The SMILES string of the molecule is CCCNc1ncc(Br)c(NCCCCOC(C)C)n1. The number of unbranched alkanes of at least 4 members (excludes halogenated alkanes) is 1. The Kier molecular flexibility index (Phi) is 8.53. The quantitative estimate of drug-likeness (QED) is 0.634. The van der Waals surface area contributed by atoms with Crippen molar-refractivity contribution in [3.05, 3.63) is 10.7 Å². The largest absolute Gasteiger partial charge is 0.379 e. The Morgan fingerprint density at radius 3 is 2.75 bits per heavy atom. The van der Waals surface area contributed by atoms with Crippen molar-refractivity contribution in [2.24, 2.45) is 0 Å². The Balaban J connectivity index is 2.31. The van der Waals surface area contributed by atoms with E-state index >= 15 is 0 Å². The van der Waals surface area contributed by atoms with Crippen LogP contribution in [0.2, 0.25) is 0 Å². The average Bonchev–Trinajstić information content (AvgIpc) is 2.42. The van der Waals surface area contributed by atoms with Crippen LogP contribution in [0.3, 0.4) is 0 Å². The van der Waals surface area contributed by atoms with Gasteiger partial charge in [0.2, 0.25) is 5.95 Å². The summed E-state index contributed by atoms with van der Waals surface area (Å²) in [6.45, 7) is 8.80. The minimum Gasteiger partial charge on any atom is -0.379 e. The molecule has 0 aliphatic heterocycles. The number of anilines is 2. The van der Waals surface area contributed by atoms with Crippen LogP contribution in [0.25, 0.3) is 0 Å². The fourth-order valence-corrected chi connectivity index (χ4v) is 1.90. The normalized spacial score (nSPS) is 10.8. The fraction of sp³-hybridized carbons (Fsp3) is 0.714. The summed E-state index contributed by atoms with van der Waals surface area (Å²) in [6.07, 6.45) is 5.24. The summed E-state index contributed by atoms with van der Waals surface area (Å²) in [7, 11) is 0. The zero-order valence-electron chi connectivity index (χ0n) is 12.6. The second-order valence-corrected chi connectivity index (χ2v) is 5.72. The first kappa shape index (κ1) is 17.2. The maximum absolute atomic E-state index is 5.51. The van der Waals surface area contributed by atoms with E-state index in [1.165, 1.54) is 0 Å². The lowest BCUT2D eigenvalue weighted by Gasteiger charge is -2.10. The van der Waals surface area contributed by atoms with E-state index in [0.29, 0.717) is 12.1 Å². The number of aromatic nitrogens is 2. The number of nitrogens with one attached hydrogen (secondary N) is 2. The molecule has 0 saturated heterocycles. The second-order valence-electron chi connectivity index (χ2n) is 4.87. The highest BCUT2D eigenvalue weighted by Crippen LogP contribution is 2.20. The molecule has 0 radical (unpaired) electrons. The molecule has 0 bridgehead atoms. The third-order valence-corrected chi connectivity index (χ3v) is 3.17. The Bertz CT molecular complexity index is 387. The molecule has 0 unspecified atom stereocenters. The van der Waals surface area contributed by atoms with E-state index < -0.39 is 0 Å². The van der Waals surface area contributed by atoms with Crippen LogP contribution in [0.1, 0.15) is 40.0 Å². The van der Waals surface area contributed by atoms with Crippen LogP contribution in [0.5, 0.6) is 0 Å². The highest BCUT2D eigenvalue weighted by atomic mass is 79.9. The molecule has 1 rings (SSSR count). The predicted molar refractivity (Wildman–Crippen MR) is 87.3 cm³/mol. The van der Waals surface area contributed by atoms with Gasteiger partial charge in [-0.2, -0.15) is 4.98 Å². The van der Waals surface area contributed by atoms with Crippen molar-refractivity contribution in [2.75, 3.05) is 30.3 Å². The minimum atomic E-state index is 0.311. The summed E-state index contributed by atoms with van der Waals surface area (Å²) in [4.78, 5) is 8.67. The zero-order chi connectivity index (χ0) is 14.8. The Morgan fingerprint density at radius 2 is 2.05 bits per heavy atom. The molecule has 1 aromatic heterocycles. The van der Waals surface area contributed by atoms with E-state index in [-0.39, 0.29) is 0 Å². The highest BCUT2D eigenvalue weighted by molar-refractivity contribution is 9.10. The van der Waals surface area contributed by atoms with Crippen molar-refractivity contribution in [1.82, 2.24) is 9.97 Å². The summed E-state index contributed by atoms with van der Waals surface area (Å²) in [5.74, 6) is 1.50. The average molecular weight is 345 g/mol. The zero-order valence-corrected chi connectivity index (χ0v) is 14.2. The maximum Gasteiger partial charge on any atom is 0.224 e. The van der Waals surface area contributed by atoms with Crippen LogP contribution in [0.4, 0.5) is 11.8 Å². The van der Waals surface area contributed by atoms with Crippen LogP contribution in [0.15, 0.2) is 10.7 Å². The fourth-order valence-electron chi connectivity index (χ4n) is 1.57. The molecule has 0 saturated carbocycles. The number of hydrogen-bond acceptors (Lipinski definition) is 5. The molecule has 2 N–H and O–H groups in total. The molecule has 0 spiro atoms. The van der Waals surface area contributed by atoms with E-state index in [1.807, 2.05) is 0 Å². The summed E-state index contributed by atoms with van der Waals surface area (Å²) in [5, 5.41) is 6.51. The number of rotatable bonds is 10.